The zero-order valence-corrected chi connectivity index (χ0v) is 13.5. The van der Waals surface area contributed by atoms with Crippen LogP contribution in [-0.4, -0.2) is 25.8 Å². The minimum Gasteiger partial charge on any atom is -0.377 e. The molecule has 3 atom stereocenters. The second kappa shape index (κ2) is 6.93. The lowest BCUT2D eigenvalue weighted by Crippen LogP contribution is -2.54. The summed E-state index contributed by atoms with van der Waals surface area (Å²) in [6.45, 7) is 2.33. The number of likely N-dealkylation sites (N-methyl/N-ethyl adjacent to an activating group) is 1. The monoisotopic (exact) mass is 295 g/mol. The predicted octanol–water partition coefficient (Wildman–Crippen LogP) is 4.07. The molecule has 0 saturated heterocycles. The molecule has 2 rings (SSSR count). The molecule has 1 fully saturated rings. The standard InChI is InChI=1S/C17H26ClNO/c1-13-6-5-9-17(12-13,20-3)16(19-2)11-14-7-4-8-15(18)10-14/h4,7-8,10,13,16,19H,5-6,9,11-12H2,1-3H3. The third-order valence-corrected chi connectivity index (χ3v) is 4.94. The van der Waals surface area contributed by atoms with Gasteiger partial charge in [0.1, 0.15) is 0 Å². The van der Waals surface area contributed by atoms with Crippen molar-refractivity contribution in [2.24, 2.45) is 5.92 Å². The Morgan fingerprint density at radius 1 is 1.50 bits per heavy atom. The summed E-state index contributed by atoms with van der Waals surface area (Å²) in [4.78, 5) is 0. The number of nitrogens with one attached hydrogen (secondary N) is 1. The SMILES string of the molecule is CNC(Cc1cccc(Cl)c1)C1(OC)CCCC(C)C1. The average molecular weight is 296 g/mol. The maximum absolute atomic E-state index is 6.10. The van der Waals surface area contributed by atoms with Crippen molar-refractivity contribution in [2.75, 3.05) is 14.2 Å². The number of rotatable bonds is 5. The lowest BCUT2D eigenvalue weighted by atomic mass is 9.73. The summed E-state index contributed by atoms with van der Waals surface area (Å²) >= 11 is 6.10. The Bertz CT molecular complexity index is 437. The molecule has 1 aliphatic carbocycles. The number of methoxy groups -OCH3 is 1. The van der Waals surface area contributed by atoms with Gasteiger partial charge in [-0.2, -0.15) is 0 Å². The molecular formula is C17H26ClNO. The van der Waals surface area contributed by atoms with E-state index < -0.39 is 0 Å². The fourth-order valence-electron chi connectivity index (χ4n) is 3.64. The molecule has 0 heterocycles. The van der Waals surface area contributed by atoms with E-state index in [1.165, 1.54) is 18.4 Å². The molecule has 0 amide bonds. The summed E-state index contributed by atoms with van der Waals surface area (Å²) in [6.07, 6.45) is 5.80. The Labute approximate surface area is 127 Å². The average Bonchev–Trinajstić information content (AvgIpc) is 2.44. The van der Waals surface area contributed by atoms with Crippen LogP contribution in [0.4, 0.5) is 0 Å². The number of halogens is 1. The van der Waals surface area contributed by atoms with Crippen molar-refractivity contribution in [1.29, 1.82) is 0 Å². The van der Waals surface area contributed by atoms with Gasteiger partial charge in [0.25, 0.3) is 0 Å². The van der Waals surface area contributed by atoms with Crippen LogP contribution >= 0.6 is 11.6 Å². The van der Waals surface area contributed by atoms with Crippen molar-refractivity contribution in [3.8, 4) is 0 Å². The molecule has 1 saturated carbocycles. The first-order valence-corrected chi connectivity index (χ1v) is 7.94. The largest absolute Gasteiger partial charge is 0.377 e. The molecule has 0 radical (unpaired) electrons. The second-order valence-corrected chi connectivity index (χ2v) is 6.58. The zero-order valence-electron chi connectivity index (χ0n) is 12.8. The number of benzene rings is 1. The fraction of sp³-hybridized carbons (Fsp3) is 0.647. The van der Waals surface area contributed by atoms with Crippen LogP contribution in [0.1, 0.15) is 38.2 Å². The van der Waals surface area contributed by atoms with Crippen LogP contribution in [0.2, 0.25) is 5.02 Å². The van der Waals surface area contributed by atoms with E-state index in [9.17, 15) is 0 Å². The number of ether oxygens (including phenoxy) is 1. The minimum absolute atomic E-state index is 0.0469. The third kappa shape index (κ3) is 3.55. The predicted molar refractivity (Wildman–Crippen MR) is 85.4 cm³/mol. The molecule has 1 aromatic carbocycles. The first-order chi connectivity index (χ1) is 9.59. The van der Waals surface area contributed by atoms with Gasteiger partial charge in [0.2, 0.25) is 0 Å². The Hall–Kier alpha value is -0.570. The van der Waals surface area contributed by atoms with Gasteiger partial charge in [0, 0.05) is 18.2 Å². The van der Waals surface area contributed by atoms with Crippen LogP contribution in [0.25, 0.3) is 0 Å². The highest BCUT2D eigenvalue weighted by atomic mass is 35.5. The van der Waals surface area contributed by atoms with Crippen molar-refractivity contribution in [3.05, 3.63) is 34.9 Å². The highest BCUT2D eigenvalue weighted by Gasteiger charge is 2.41. The molecule has 0 aliphatic heterocycles. The summed E-state index contributed by atoms with van der Waals surface area (Å²) in [6, 6.07) is 8.48. The highest BCUT2D eigenvalue weighted by Crippen LogP contribution is 2.38. The van der Waals surface area contributed by atoms with Crippen LogP contribution in [0.5, 0.6) is 0 Å². The van der Waals surface area contributed by atoms with Gasteiger partial charge in [-0.15, -0.1) is 0 Å². The van der Waals surface area contributed by atoms with Crippen molar-refractivity contribution in [1.82, 2.24) is 5.32 Å². The molecule has 2 nitrogen and oxygen atoms in total. The molecule has 1 aliphatic rings. The van der Waals surface area contributed by atoms with Crippen LogP contribution in [0, 0.1) is 5.92 Å². The van der Waals surface area contributed by atoms with Gasteiger partial charge in [0.15, 0.2) is 0 Å². The minimum atomic E-state index is -0.0469. The molecule has 1 aromatic rings. The van der Waals surface area contributed by atoms with Crippen molar-refractivity contribution in [3.63, 3.8) is 0 Å². The van der Waals surface area contributed by atoms with Gasteiger partial charge in [0.05, 0.1) is 5.60 Å². The van der Waals surface area contributed by atoms with E-state index in [1.54, 1.807) is 0 Å². The summed E-state index contributed by atoms with van der Waals surface area (Å²) in [5.41, 5.74) is 1.22. The van der Waals surface area contributed by atoms with E-state index in [4.69, 9.17) is 16.3 Å². The van der Waals surface area contributed by atoms with E-state index >= 15 is 0 Å². The van der Waals surface area contributed by atoms with E-state index in [2.05, 4.69) is 24.4 Å². The maximum Gasteiger partial charge on any atom is 0.0836 e. The normalized spacial score (nSPS) is 28.3. The molecule has 0 bridgehead atoms. The lowest BCUT2D eigenvalue weighted by Gasteiger charge is -2.44. The van der Waals surface area contributed by atoms with Crippen LogP contribution in [0.3, 0.4) is 0 Å². The van der Waals surface area contributed by atoms with E-state index in [1.807, 2.05) is 26.3 Å². The summed E-state index contributed by atoms with van der Waals surface area (Å²) in [5.74, 6) is 0.735. The van der Waals surface area contributed by atoms with Gasteiger partial charge in [-0.05, 0) is 49.9 Å². The fourth-order valence-corrected chi connectivity index (χ4v) is 3.85. The smallest absolute Gasteiger partial charge is 0.0836 e. The quantitative estimate of drug-likeness (QED) is 0.884. The van der Waals surface area contributed by atoms with Crippen molar-refractivity contribution in [2.45, 2.75) is 50.7 Å². The van der Waals surface area contributed by atoms with Crippen LogP contribution < -0.4 is 5.32 Å². The van der Waals surface area contributed by atoms with Gasteiger partial charge in [-0.25, -0.2) is 0 Å². The van der Waals surface area contributed by atoms with Crippen LogP contribution in [0.15, 0.2) is 24.3 Å². The Morgan fingerprint density at radius 2 is 2.30 bits per heavy atom. The topological polar surface area (TPSA) is 21.3 Å². The zero-order chi connectivity index (χ0) is 14.6. The third-order valence-electron chi connectivity index (χ3n) is 4.71. The highest BCUT2D eigenvalue weighted by molar-refractivity contribution is 6.30. The molecule has 0 spiro atoms. The van der Waals surface area contributed by atoms with Gasteiger partial charge >= 0.3 is 0 Å². The Morgan fingerprint density at radius 3 is 2.90 bits per heavy atom. The Kier molecular flexibility index (Phi) is 5.48. The van der Waals surface area contributed by atoms with Gasteiger partial charge in [-0.1, -0.05) is 43.5 Å². The van der Waals surface area contributed by atoms with Crippen LogP contribution in [-0.2, 0) is 11.2 Å². The number of hydrogen-bond donors (Lipinski definition) is 1. The van der Waals surface area contributed by atoms with Gasteiger partial charge < -0.3 is 10.1 Å². The Balaban J connectivity index is 2.17. The molecular weight excluding hydrogens is 270 g/mol. The lowest BCUT2D eigenvalue weighted by molar-refractivity contribution is -0.0775. The van der Waals surface area contributed by atoms with Gasteiger partial charge in [-0.3, -0.25) is 0 Å². The first-order valence-electron chi connectivity index (χ1n) is 7.56. The molecule has 0 aromatic heterocycles. The number of hydrogen-bond acceptors (Lipinski definition) is 2. The van der Waals surface area contributed by atoms with E-state index in [0.717, 1.165) is 30.2 Å². The summed E-state index contributed by atoms with van der Waals surface area (Å²) in [5, 5.41) is 4.29. The molecule has 3 heteroatoms. The second-order valence-electron chi connectivity index (χ2n) is 6.15. The molecule has 112 valence electrons. The maximum atomic E-state index is 6.10. The van der Waals surface area contributed by atoms with E-state index in [0.29, 0.717) is 6.04 Å². The van der Waals surface area contributed by atoms with E-state index in [-0.39, 0.29) is 5.60 Å². The molecule has 20 heavy (non-hydrogen) atoms. The molecule has 3 unspecified atom stereocenters. The van der Waals surface area contributed by atoms with Crippen molar-refractivity contribution < 1.29 is 4.74 Å². The summed E-state index contributed by atoms with van der Waals surface area (Å²) < 4.78 is 6.01. The van der Waals surface area contributed by atoms with Crippen molar-refractivity contribution >= 4 is 11.6 Å². The first kappa shape index (κ1) is 15.8. The molecule has 1 N–H and O–H groups in total. The summed E-state index contributed by atoms with van der Waals surface area (Å²) in [7, 11) is 3.90.